The first-order valence-electron chi connectivity index (χ1n) is 17.2. The normalized spacial score (nSPS) is 34.3. The van der Waals surface area contributed by atoms with E-state index in [1.165, 1.54) is 49.7 Å². The summed E-state index contributed by atoms with van der Waals surface area (Å²) in [4.78, 5) is 0. The molecule has 0 bridgehead atoms. The molecule has 1 aromatic rings. The number of ether oxygens (including phenoxy) is 4. The summed E-state index contributed by atoms with van der Waals surface area (Å²) < 4.78 is 26.0. The Morgan fingerprint density at radius 2 is 1.76 bits per heavy atom. The number of rotatable bonds is 14. The van der Waals surface area contributed by atoms with Crippen LogP contribution in [0.15, 0.2) is 18.2 Å². The SMILES string of the molecule is C#C[C@]1(OC2CCCCO2)CC[C@H]2[C@H]3[C@H](CC[C@@]21C)c1ccc(OCCCCCC)cc1C[C@H]3OCCCCCC. The third kappa shape index (κ3) is 6.53. The number of fused-ring (bicyclic) bond motifs is 5. The monoisotopic (exact) mass is 564 g/mol. The Hall–Kier alpha value is -1.54. The van der Waals surface area contributed by atoms with Gasteiger partial charge in [-0.3, -0.25) is 0 Å². The average molecular weight is 565 g/mol. The van der Waals surface area contributed by atoms with E-state index in [1.807, 2.05) is 0 Å². The molecular formula is C37H56O4. The van der Waals surface area contributed by atoms with E-state index in [9.17, 15) is 0 Å². The number of hydrogen-bond acceptors (Lipinski definition) is 4. The summed E-state index contributed by atoms with van der Waals surface area (Å²) >= 11 is 0. The maximum absolute atomic E-state index is 6.87. The molecule has 0 spiro atoms. The Bertz CT molecular complexity index is 1010. The summed E-state index contributed by atoms with van der Waals surface area (Å²) in [6, 6.07) is 6.93. The van der Waals surface area contributed by atoms with Gasteiger partial charge in [0, 0.05) is 18.6 Å². The maximum Gasteiger partial charge on any atom is 0.159 e. The van der Waals surface area contributed by atoms with Crippen LogP contribution >= 0.6 is 0 Å². The zero-order valence-corrected chi connectivity index (χ0v) is 26.3. The van der Waals surface area contributed by atoms with Crippen molar-refractivity contribution in [3.63, 3.8) is 0 Å². The molecule has 0 amide bonds. The summed E-state index contributed by atoms with van der Waals surface area (Å²) in [5, 5.41) is 0. The average Bonchev–Trinajstić information content (AvgIpc) is 3.29. The summed E-state index contributed by atoms with van der Waals surface area (Å²) in [5.74, 6) is 5.73. The topological polar surface area (TPSA) is 36.9 Å². The van der Waals surface area contributed by atoms with E-state index < -0.39 is 5.60 Å². The molecule has 1 heterocycles. The summed E-state index contributed by atoms with van der Waals surface area (Å²) in [7, 11) is 0. The Morgan fingerprint density at radius 3 is 2.49 bits per heavy atom. The van der Waals surface area contributed by atoms with Crippen LogP contribution in [0.25, 0.3) is 0 Å². The molecule has 1 unspecified atom stereocenters. The maximum atomic E-state index is 6.87. The molecule has 41 heavy (non-hydrogen) atoms. The lowest BCUT2D eigenvalue weighted by Gasteiger charge is -2.55. The first-order valence-corrected chi connectivity index (χ1v) is 17.2. The van der Waals surface area contributed by atoms with Gasteiger partial charge in [0.25, 0.3) is 0 Å². The lowest BCUT2D eigenvalue weighted by Crippen LogP contribution is -2.55. The number of terminal acetylenes is 1. The van der Waals surface area contributed by atoms with Crippen molar-refractivity contribution in [2.75, 3.05) is 19.8 Å². The predicted molar refractivity (Wildman–Crippen MR) is 166 cm³/mol. The largest absolute Gasteiger partial charge is 0.494 e. The van der Waals surface area contributed by atoms with Gasteiger partial charge < -0.3 is 18.9 Å². The van der Waals surface area contributed by atoms with Crippen LogP contribution in [0.5, 0.6) is 5.75 Å². The minimum Gasteiger partial charge on any atom is -0.494 e. The van der Waals surface area contributed by atoms with Gasteiger partial charge in [-0.25, -0.2) is 0 Å². The molecule has 1 aromatic carbocycles. The molecule has 1 saturated heterocycles. The van der Waals surface area contributed by atoms with Gasteiger partial charge in [0.1, 0.15) is 11.4 Å². The lowest BCUT2D eigenvalue weighted by molar-refractivity contribution is -0.240. The molecule has 0 radical (unpaired) electrons. The van der Waals surface area contributed by atoms with E-state index in [0.29, 0.717) is 17.8 Å². The molecule has 3 fully saturated rings. The first kappa shape index (κ1) is 30.9. The van der Waals surface area contributed by atoms with Gasteiger partial charge in [-0.1, -0.05) is 71.3 Å². The highest BCUT2D eigenvalue weighted by Gasteiger charge is 2.64. The highest BCUT2D eigenvalue weighted by atomic mass is 16.7. The van der Waals surface area contributed by atoms with Gasteiger partial charge >= 0.3 is 0 Å². The first-order chi connectivity index (χ1) is 20.0. The van der Waals surface area contributed by atoms with Crippen LogP contribution in [0.2, 0.25) is 0 Å². The summed E-state index contributed by atoms with van der Waals surface area (Å²) in [5.41, 5.74) is 2.35. The Balaban J connectivity index is 1.37. The van der Waals surface area contributed by atoms with E-state index >= 15 is 0 Å². The number of hydrogen-bond donors (Lipinski definition) is 0. The molecule has 1 aliphatic heterocycles. The van der Waals surface area contributed by atoms with Gasteiger partial charge in [-0.05, 0) is 105 Å². The van der Waals surface area contributed by atoms with Crippen molar-refractivity contribution in [2.24, 2.45) is 17.3 Å². The second-order valence-corrected chi connectivity index (χ2v) is 13.6. The van der Waals surface area contributed by atoms with Crippen molar-refractivity contribution < 1.29 is 18.9 Å². The molecule has 228 valence electrons. The highest BCUT2D eigenvalue weighted by Crippen LogP contribution is 2.65. The van der Waals surface area contributed by atoms with Crippen molar-refractivity contribution in [1.29, 1.82) is 0 Å². The van der Waals surface area contributed by atoms with Gasteiger partial charge in [-0.2, -0.15) is 0 Å². The molecule has 7 atom stereocenters. The molecule has 4 aliphatic rings. The molecule has 4 heteroatoms. The van der Waals surface area contributed by atoms with Gasteiger partial charge in [0.15, 0.2) is 6.29 Å². The standard InChI is InChI=1S/C37H56O4/c1-5-8-10-13-23-38-29-17-18-30-28(26-29)27-33(39-24-14-11-9-6-2)35-31(30)19-21-36(4)32(35)20-22-37(36,7-3)41-34-16-12-15-25-40-34/h3,17-18,26,31-35H,5-6,8-16,19-25,27H2,1-2,4H3/t31-,32+,33-,34?,35-,36+,37+/m1/s1. The van der Waals surface area contributed by atoms with Gasteiger partial charge in [0.05, 0.1) is 12.7 Å². The Morgan fingerprint density at radius 1 is 0.951 bits per heavy atom. The van der Waals surface area contributed by atoms with Crippen LogP contribution in [0, 0.1) is 29.6 Å². The van der Waals surface area contributed by atoms with Crippen molar-refractivity contribution in [2.45, 2.75) is 147 Å². The van der Waals surface area contributed by atoms with E-state index in [1.54, 1.807) is 0 Å². The van der Waals surface area contributed by atoms with Crippen molar-refractivity contribution in [3.8, 4) is 18.1 Å². The third-order valence-corrected chi connectivity index (χ3v) is 11.1. The van der Waals surface area contributed by atoms with Crippen LogP contribution < -0.4 is 4.74 Å². The summed E-state index contributed by atoms with van der Waals surface area (Å²) in [6.45, 7) is 9.41. The van der Waals surface area contributed by atoms with Gasteiger partial charge in [-0.15, -0.1) is 6.42 Å². The molecular weight excluding hydrogens is 508 g/mol. The minimum atomic E-state index is -0.550. The Labute approximate surface area is 250 Å². The van der Waals surface area contributed by atoms with Gasteiger partial charge in [0.2, 0.25) is 0 Å². The second kappa shape index (κ2) is 14.3. The predicted octanol–water partition coefficient (Wildman–Crippen LogP) is 8.99. The molecule has 0 N–H and O–H groups in total. The number of unbranched alkanes of at least 4 members (excludes halogenated alkanes) is 6. The summed E-state index contributed by atoms with van der Waals surface area (Å²) in [6.07, 6.45) is 24.8. The van der Waals surface area contributed by atoms with Crippen molar-refractivity contribution >= 4 is 0 Å². The smallest absolute Gasteiger partial charge is 0.159 e. The molecule has 4 nitrogen and oxygen atoms in total. The minimum absolute atomic E-state index is 0.0629. The molecule has 2 saturated carbocycles. The Kier molecular flexibility index (Phi) is 10.8. The number of benzene rings is 1. The van der Waals surface area contributed by atoms with Crippen LogP contribution in [0.4, 0.5) is 0 Å². The van der Waals surface area contributed by atoms with E-state index in [-0.39, 0.29) is 17.8 Å². The van der Waals surface area contributed by atoms with E-state index in [0.717, 1.165) is 89.8 Å². The van der Waals surface area contributed by atoms with E-state index in [4.69, 9.17) is 25.4 Å². The zero-order valence-electron chi connectivity index (χ0n) is 26.3. The third-order valence-electron chi connectivity index (χ3n) is 11.1. The van der Waals surface area contributed by atoms with E-state index in [2.05, 4.69) is 44.9 Å². The highest BCUT2D eigenvalue weighted by molar-refractivity contribution is 5.42. The fourth-order valence-corrected chi connectivity index (χ4v) is 8.78. The molecule has 0 aromatic heterocycles. The van der Waals surface area contributed by atoms with Crippen LogP contribution in [0.1, 0.15) is 134 Å². The second-order valence-electron chi connectivity index (χ2n) is 13.6. The molecule has 3 aliphatic carbocycles. The van der Waals surface area contributed by atoms with Crippen LogP contribution in [0.3, 0.4) is 0 Å². The zero-order chi connectivity index (χ0) is 28.7. The molecule has 5 rings (SSSR count). The van der Waals surface area contributed by atoms with Crippen LogP contribution in [-0.4, -0.2) is 37.8 Å². The lowest BCUT2D eigenvalue weighted by atomic mass is 9.52. The fourth-order valence-electron chi connectivity index (χ4n) is 8.78. The quantitative estimate of drug-likeness (QED) is 0.167. The van der Waals surface area contributed by atoms with Crippen LogP contribution in [-0.2, 0) is 20.6 Å². The van der Waals surface area contributed by atoms with Crippen molar-refractivity contribution in [3.05, 3.63) is 29.3 Å². The fraction of sp³-hybridized carbons (Fsp3) is 0.784. The van der Waals surface area contributed by atoms with Crippen molar-refractivity contribution in [1.82, 2.24) is 0 Å².